The summed E-state index contributed by atoms with van der Waals surface area (Å²) in [4.78, 5) is 0. The summed E-state index contributed by atoms with van der Waals surface area (Å²) < 4.78 is 0. The van der Waals surface area contributed by atoms with Crippen LogP contribution in [0.15, 0.2) is 139 Å². The molecule has 0 N–H and O–H groups in total. The highest BCUT2D eigenvalue weighted by Crippen LogP contribution is 2.56. The molecule has 1 heteroatoms. The van der Waals surface area contributed by atoms with E-state index in [1.807, 2.05) is 0 Å². The van der Waals surface area contributed by atoms with Crippen LogP contribution in [0, 0.1) is 17.3 Å². The van der Waals surface area contributed by atoms with E-state index >= 15 is 0 Å². The number of rotatable bonds is 10. The van der Waals surface area contributed by atoms with Gasteiger partial charge in [-0.05, 0) is 158 Å². The van der Waals surface area contributed by atoms with Crippen molar-refractivity contribution in [2.75, 3.05) is 6.26 Å². The number of allylic oxidation sites excluding steroid dienone is 6. The minimum Gasteiger partial charge on any atom is -0.183 e. The first-order chi connectivity index (χ1) is 31.1. The van der Waals surface area contributed by atoms with Gasteiger partial charge in [0.2, 0.25) is 0 Å². The van der Waals surface area contributed by atoms with Crippen LogP contribution in [0.4, 0.5) is 0 Å². The monoisotopic (exact) mass is 863 g/mol. The molecule has 0 nitrogen and oxygen atoms in total. The summed E-state index contributed by atoms with van der Waals surface area (Å²) in [7, 11) is 0. The Hall–Kier alpha value is -4.85. The quantitative estimate of drug-likeness (QED) is 0.0792. The molecule has 0 bridgehead atoms. The van der Waals surface area contributed by atoms with E-state index in [0.717, 1.165) is 38.5 Å². The molecule has 2 atom stereocenters. The molecule has 0 saturated heterocycles. The van der Waals surface area contributed by atoms with Gasteiger partial charge >= 0.3 is 0 Å². The summed E-state index contributed by atoms with van der Waals surface area (Å²) >= 11 is 3.53. The van der Waals surface area contributed by atoms with Crippen molar-refractivity contribution in [1.82, 2.24) is 0 Å². The normalized spacial score (nSPS) is 16.8. The molecule has 6 aromatic carbocycles. The van der Waals surface area contributed by atoms with Crippen molar-refractivity contribution in [3.63, 3.8) is 0 Å². The van der Waals surface area contributed by atoms with Crippen LogP contribution in [0.25, 0.3) is 67.1 Å². The molecule has 3 aliphatic rings. The Bertz CT molecular complexity index is 2710. The third-order valence-electron chi connectivity index (χ3n) is 15.4. The molecule has 2 unspecified atom stereocenters. The molecule has 3 aliphatic carbocycles. The van der Waals surface area contributed by atoms with Crippen molar-refractivity contribution in [1.29, 1.82) is 0 Å². The van der Waals surface area contributed by atoms with Crippen LogP contribution in [0.2, 0.25) is 0 Å². The van der Waals surface area contributed by atoms with Gasteiger partial charge in [-0.15, -0.1) is 0 Å². The summed E-state index contributed by atoms with van der Waals surface area (Å²) in [5.41, 5.74) is 18.0. The molecule has 0 aliphatic heterocycles. The topological polar surface area (TPSA) is 0 Å². The maximum absolute atomic E-state index is 3.53. The fourth-order valence-electron chi connectivity index (χ4n) is 11.8. The Morgan fingerprint density at radius 3 is 1.69 bits per heavy atom. The van der Waals surface area contributed by atoms with Crippen molar-refractivity contribution in [3.8, 4) is 33.4 Å². The van der Waals surface area contributed by atoms with E-state index in [9.17, 15) is 0 Å². The largest absolute Gasteiger partial charge is 0.183 e. The van der Waals surface area contributed by atoms with E-state index in [2.05, 4.69) is 215 Å². The first-order valence-corrected chi connectivity index (χ1v) is 25.5. The standard InChI is InChI=1S/C57H58.C5H12.CH4S/c1-8-57(9-2,56(6,7)53-35-38(4)37(3)34-39(53)5)44-32-33-51-52(36-44)55(48-27-17-21-41-19-11-13-23-47(41)48)50-25-15-14-24-49(50)54(51)43-30-28-42(29-31-43)46-26-16-20-40-18-10-12-22-45(40)46;1-3-5-4-2;1-2/h12-17,20-36,38-39H,8-11,18-19H2,1-7H3;3-5H2,1-2H3;2H,1H3. The van der Waals surface area contributed by atoms with Crippen LogP contribution in [-0.4, -0.2) is 6.26 Å². The minimum absolute atomic E-state index is 0.0504. The first-order valence-electron chi connectivity index (χ1n) is 24.6. The van der Waals surface area contributed by atoms with Gasteiger partial charge in [-0.1, -0.05) is 219 Å². The van der Waals surface area contributed by atoms with E-state index in [1.165, 1.54) is 108 Å². The molecule has 64 heavy (non-hydrogen) atoms. The third-order valence-corrected chi connectivity index (χ3v) is 15.4. The lowest BCUT2D eigenvalue weighted by Crippen LogP contribution is -2.44. The molecule has 0 fully saturated rings. The van der Waals surface area contributed by atoms with Gasteiger partial charge in [0.1, 0.15) is 0 Å². The molecule has 6 aromatic rings. The highest BCUT2D eigenvalue weighted by Gasteiger charge is 2.47. The Labute approximate surface area is 393 Å². The molecule has 0 heterocycles. The average molecular weight is 863 g/mol. The second kappa shape index (κ2) is 20.5. The van der Waals surface area contributed by atoms with Crippen LogP contribution in [-0.2, 0) is 18.3 Å². The van der Waals surface area contributed by atoms with Crippen molar-refractivity contribution in [2.24, 2.45) is 17.3 Å². The Morgan fingerprint density at radius 2 is 1.11 bits per heavy atom. The van der Waals surface area contributed by atoms with Gasteiger partial charge < -0.3 is 0 Å². The summed E-state index contributed by atoms with van der Waals surface area (Å²) in [6.07, 6.45) is 26.9. The minimum atomic E-state index is -0.0515. The fraction of sp³-hybridized carbons (Fsp3) is 0.365. The summed E-state index contributed by atoms with van der Waals surface area (Å²) in [5, 5.41) is 5.32. The molecular weight excluding hydrogens is 789 g/mol. The highest BCUT2D eigenvalue weighted by atomic mass is 32.1. The molecule has 0 amide bonds. The molecule has 332 valence electrons. The van der Waals surface area contributed by atoms with Crippen LogP contribution < -0.4 is 0 Å². The summed E-state index contributed by atoms with van der Waals surface area (Å²) in [5.74, 6) is 0.884. The van der Waals surface area contributed by atoms with E-state index in [0.29, 0.717) is 11.8 Å². The van der Waals surface area contributed by atoms with Crippen LogP contribution >= 0.6 is 12.6 Å². The van der Waals surface area contributed by atoms with Crippen molar-refractivity contribution < 1.29 is 0 Å². The maximum Gasteiger partial charge on any atom is 0.00364 e. The number of hydrogen-bond donors (Lipinski definition) is 1. The number of unbranched alkanes of at least 4 members (excludes halogenated alkanes) is 2. The molecule has 0 aromatic heterocycles. The SMILES string of the molecule is CCC(CC)(c1ccc2c(-c3ccc(-c4cccc5c4C=CCC5)cc3)c3ccccc3c(-c3cccc4c3C=CCC4)c2c1)C(C)(C)C1=CC(C)C(C)=CC1C.CCCCC.CS. The van der Waals surface area contributed by atoms with Crippen LogP contribution in [0.1, 0.15) is 135 Å². The maximum atomic E-state index is 3.53. The van der Waals surface area contributed by atoms with Crippen molar-refractivity contribution >= 4 is 46.3 Å². The smallest absolute Gasteiger partial charge is 0.00364 e. The Kier molecular flexibility index (Phi) is 15.1. The molecule has 0 saturated carbocycles. The van der Waals surface area contributed by atoms with Crippen molar-refractivity contribution in [3.05, 3.63) is 166 Å². The highest BCUT2D eigenvalue weighted by molar-refractivity contribution is 7.79. The van der Waals surface area contributed by atoms with Gasteiger partial charge in [0.15, 0.2) is 0 Å². The van der Waals surface area contributed by atoms with Gasteiger partial charge in [-0.2, -0.15) is 12.6 Å². The number of thiol groups is 1. The predicted octanol–water partition coefficient (Wildman–Crippen LogP) is 18.9. The fourth-order valence-corrected chi connectivity index (χ4v) is 11.8. The average Bonchev–Trinajstić information content (AvgIpc) is 3.33. The zero-order valence-corrected chi connectivity index (χ0v) is 41.6. The van der Waals surface area contributed by atoms with Crippen molar-refractivity contribution in [2.45, 2.75) is 126 Å². The van der Waals surface area contributed by atoms with Crippen LogP contribution in [0.3, 0.4) is 0 Å². The van der Waals surface area contributed by atoms with Gasteiger partial charge in [-0.3, -0.25) is 0 Å². The summed E-state index contributed by atoms with van der Waals surface area (Å²) in [6, 6.07) is 40.1. The molecule has 9 rings (SSSR count). The number of fused-ring (bicyclic) bond motifs is 4. The van der Waals surface area contributed by atoms with E-state index in [1.54, 1.807) is 11.8 Å². The lowest BCUT2D eigenvalue weighted by atomic mass is 9.53. The lowest BCUT2D eigenvalue weighted by molar-refractivity contribution is 0.175. The molecular formula is C63H74S. The van der Waals surface area contributed by atoms with Crippen LogP contribution in [0.5, 0.6) is 0 Å². The first kappa shape index (κ1) is 47.1. The molecule has 0 radical (unpaired) electrons. The van der Waals surface area contributed by atoms with Gasteiger partial charge in [0.05, 0.1) is 0 Å². The lowest BCUT2D eigenvalue weighted by Gasteiger charge is -2.51. The number of hydrogen-bond acceptors (Lipinski definition) is 1. The zero-order valence-electron chi connectivity index (χ0n) is 40.7. The van der Waals surface area contributed by atoms with E-state index in [-0.39, 0.29) is 10.8 Å². The van der Waals surface area contributed by atoms with Gasteiger partial charge in [-0.25, -0.2) is 0 Å². The zero-order chi connectivity index (χ0) is 45.6. The second-order valence-electron chi connectivity index (χ2n) is 19.1. The second-order valence-corrected chi connectivity index (χ2v) is 19.1. The summed E-state index contributed by atoms with van der Waals surface area (Å²) in [6.45, 7) is 21.5. The Morgan fingerprint density at radius 1 is 0.562 bits per heavy atom. The number of aryl methyl sites for hydroxylation is 2. The van der Waals surface area contributed by atoms with E-state index < -0.39 is 0 Å². The van der Waals surface area contributed by atoms with Gasteiger partial charge in [0, 0.05) is 5.41 Å². The Balaban J connectivity index is 0.000000820. The third kappa shape index (κ3) is 8.67. The van der Waals surface area contributed by atoms with Gasteiger partial charge in [0.25, 0.3) is 0 Å². The predicted molar refractivity (Wildman–Crippen MR) is 289 cm³/mol. The number of benzene rings is 6. The molecule has 0 spiro atoms. The van der Waals surface area contributed by atoms with E-state index in [4.69, 9.17) is 0 Å².